The van der Waals surface area contributed by atoms with Gasteiger partial charge in [-0.05, 0) is 24.6 Å². The summed E-state index contributed by atoms with van der Waals surface area (Å²) in [6.07, 6.45) is 3.95. The van der Waals surface area contributed by atoms with Crippen LogP contribution in [0.2, 0.25) is 0 Å². The second-order valence-corrected chi connectivity index (χ2v) is 7.94. The minimum atomic E-state index is -0.212. The maximum atomic E-state index is 13.1. The molecule has 6 nitrogen and oxygen atoms in total. The van der Waals surface area contributed by atoms with Gasteiger partial charge in [0.1, 0.15) is 0 Å². The van der Waals surface area contributed by atoms with E-state index < -0.39 is 0 Å². The standard InChI is InChI=1S/C22H22N4O2S/c1-16-13-20(27)24-18-9-5-6-10-19(18)26(16)21(28)15-29-22-23-11-12-25(22)14-17-7-3-2-4-8-17/h2-12,16H,13-15H2,1H3,(H,24,27)/t16-/m1/s1. The van der Waals surface area contributed by atoms with E-state index >= 15 is 0 Å². The topological polar surface area (TPSA) is 67.2 Å². The number of aromatic nitrogens is 2. The molecule has 1 aliphatic rings. The summed E-state index contributed by atoms with van der Waals surface area (Å²) in [5.74, 6) is 0.130. The number of imidazole rings is 1. The molecule has 0 unspecified atom stereocenters. The fraction of sp³-hybridized carbons (Fsp3) is 0.227. The van der Waals surface area contributed by atoms with Crippen LogP contribution in [0.5, 0.6) is 0 Å². The highest BCUT2D eigenvalue weighted by molar-refractivity contribution is 7.99. The van der Waals surface area contributed by atoms with E-state index in [1.165, 1.54) is 17.3 Å². The molecule has 2 aromatic carbocycles. The fourth-order valence-electron chi connectivity index (χ4n) is 3.50. The van der Waals surface area contributed by atoms with Gasteiger partial charge < -0.3 is 14.8 Å². The van der Waals surface area contributed by atoms with Gasteiger partial charge in [-0.25, -0.2) is 4.98 Å². The number of anilines is 2. The van der Waals surface area contributed by atoms with Gasteiger partial charge >= 0.3 is 0 Å². The zero-order valence-corrected chi connectivity index (χ0v) is 16.9. The summed E-state index contributed by atoms with van der Waals surface area (Å²) in [6.45, 7) is 2.61. The maximum absolute atomic E-state index is 13.1. The van der Waals surface area contributed by atoms with Crippen molar-refractivity contribution in [3.63, 3.8) is 0 Å². The number of rotatable bonds is 5. The van der Waals surface area contributed by atoms with Gasteiger partial charge in [-0.15, -0.1) is 0 Å². The van der Waals surface area contributed by atoms with Gasteiger partial charge in [0.15, 0.2) is 5.16 Å². The SMILES string of the molecule is C[C@@H]1CC(=O)Nc2ccccc2N1C(=O)CSc1nccn1Cc1ccccc1. The molecule has 2 amide bonds. The molecule has 1 N–H and O–H groups in total. The quantitative estimate of drug-likeness (QED) is 0.655. The summed E-state index contributed by atoms with van der Waals surface area (Å²) in [4.78, 5) is 31.4. The van der Waals surface area contributed by atoms with Crippen molar-refractivity contribution in [1.29, 1.82) is 0 Å². The number of benzene rings is 2. The van der Waals surface area contributed by atoms with Crippen molar-refractivity contribution in [2.75, 3.05) is 16.0 Å². The highest BCUT2D eigenvalue weighted by Gasteiger charge is 2.29. The number of carbonyl (C=O) groups is 2. The molecule has 29 heavy (non-hydrogen) atoms. The van der Waals surface area contributed by atoms with Crippen LogP contribution in [-0.4, -0.2) is 33.2 Å². The molecule has 0 saturated heterocycles. The minimum absolute atomic E-state index is 0.0410. The van der Waals surface area contributed by atoms with Crippen molar-refractivity contribution in [3.05, 3.63) is 72.6 Å². The molecule has 0 radical (unpaired) electrons. The van der Waals surface area contributed by atoms with Crippen LogP contribution < -0.4 is 10.2 Å². The number of nitrogens with zero attached hydrogens (tertiary/aromatic N) is 3. The first kappa shape index (κ1) is 19.3. The third-order valence-electron chi connectivity index (χ3n) is 4.83. The molecule has 1 aliphatic heterocycles. The lowest BCUT2D eigenvalue weighted by atomic mass is 10.2. The van der Waals surface area contributed by atoms with Gasteiger partial charge in [0.2, 0.25) is 11.8 Å². The number of nitrogens with one attached hydrogen (secondary N) is 1. The summed E-state index contributed by atoms with van der Waals surface area (Å²) >= 11 is 1.41. The van der Waals surface area contributed by atoms with Crippen LogP contribution >= 0.6 is 11.8 Å². The smallest absolute Gasteiger partial charge is 0.237 e. The molecule has 1 aromatic heterocycles. The van der Waals surface area contributed by atoms with E-state index in [-0.39, 0.29) is 30.0 Å². The molecule has 4 rings (SSSR count). The summed E-state index contributed by atoms with van der Waals surface area (Å²) in [5.41, 5.74) is 2.59. The van der Waals surface area contributed by atoms with Gasteiger partial charge in [0.05, 0.1) is 17.1 Å². The van der Waals surface area contributed by atoms with E-state index in [1.807, 2.05) is 60.2 Å². The third-order valence-corrected chi connectivity index (χ3v) is 5.82. The first-order valence-corrected chi connectivity index (χ1v) is 10.5. The van der Waals surface area contributed by atoms with E-state index in [1.54, 1.807) is 11.1 Å². The molecule has 0 aliphatic carbocycles. The van der Waals surface area contributed by atoms with Gasteiger partial charge in [0.25, 0.3) is 0 Å². The molecule has 0 spiro atoms. The van der Waals surface area contributed by atoms with Crippen LogP contribution in [0.15, 0.2) is 72.1 Å². The number of amides is 2. The zero-order chi connectivity index (χ0) is 20.2. The Morgan fingerprint density at radius 3 is 2.76 bits per heavy atom. The Balaban J connectivity index is 1.49. The Morgan fingerprint density at radius 1 is 1.17 bits per heavy atom. The zero-order valence-electron chi connectivity index (χ0n) is 16.1. The lowest BCUT2D eigenvalue weighted by Crippen LogP contribution is -2.40. The van der Waals surface area contributed by atoms with Crippen molar-refractivity contribution in [1.82, 2.24) is 9.55 Å². The molecular formula is C22H22N4O2S. The molecule has 0 saturated carbocycles. The van der Waals surface area contributed by atoms with E-state index in [0.29, 0.717) is 12.2 Å². The highest BCUT2D eigenvalue weighted by Crippen LogP contribution is 2.32. The normalized spacial score (nSPS) is 16.1. The van der Waals surface area contributed by atoms with Crippen LogP contribution in [0.4, 0.5) is 11.4 Å². The van der Waals surface area contributed by atoms with Crippen molar-refractivity contribution >= 4 is 35.0 Å². The molecule has 2 heterocycles. The van der Waals surface area contributed by atoms with E-state index in [9.17, 15) is 9.59 Å². The Kier molecular flexibility index (Phi) is 5.67. The predicted octanol–water partition coefficient (Wildman–Crippen LogP) is 3.79. The number of hydrogen-bond acceptors (Lipinski definition) is 4. The Morgan fingerprint density at radius 2 is 1.93 bits per heavy atom. The monoisotopic (exact) mass is 406 g/mol. The summed E-state index contributed by atoms with van der Waals surface area (Å²) in [6, 6.07) is 17.4. The molecule has 0 fully saturated rings. The Hall–Kier alpha value is -3.06. The highest BCUT2D eigenvalue weighted by atomic mass is 32.2. The van der Waals surface area contributed by atoms with E-state index in [4.69, 9.17) is 0 Å². The van der Waals surface area contributed by atoms with Crippen LogP contribution in [0.3, 0.4) is 0 Å². The molecular weight excluding hydrogens is 384 g/mol. The first-order chi connectivity index (χ1) is 14.1. The summed E-state index contributed by atoms with van der Waals surface area (Å²) in [7, 11) is 0. The van der Waals surface area contributed by atoms with Crippen molar-refractivity contribution in [2.45, 2.75) is 31.1 Å². The van der Waals surface area contributed by atoms with Gasteiger partial charge in [-0.3, -0.25) is 9.59 Å². The number of fused-ring (bicyclic) bond motifs is 1. The average Bonchev–Trinajstić information content (AvgIpc) is 3.10. The number of thioether (sulfide) groups is 1. The number of para-hydroxylation sites is 2. The predicted molar refractivity (Wildman–Crippen MR) is 115 cm³/mol. The van der Waals surface area contributed by atoms with E-state index in [2.05, 4.69) is 22.4 Å². The third kappa shape index (κ3) is 4.35. The maximum Gasteiger partial charge on any atom is 0.237 e. The summed E-state index contributed by atoms with van der Waals surface area (Å²) < 4.78 is 2.04. The lowest BCUT2D eigenvalue weighted by Gasteiger charge is -2.27. The largest absolute Gasteiger partial charge is 0.324 e. The van der Waals surface area contributed by atoms with Crippen LogP contribution in [0.25, 0.3) is 0 Å². The second kappa shape index (κ2) is 8.53. The van der Waals surface area contributed by atoms with Crippen LogP contribution in [-0.2, 0) is 16.1 Å². The fourth-order valence-corrected chi connectivity index (χ4v) is 4.32. The number of hydrogen-bond donors (Lipinski definition) is 1. The average molecular weight is 407 g/mol. The lowest BCUT2D eigenvalue weighted by molar-refractivity contribution is -0.117. The van der Waals surface area contributed by atoms with Crippen LogP contribution in [0.1, 0.15) is 18.9 Å². The van der Waals surface area contributed by atoms with Crippen LogP contribution in [0, 0.1) is 0 Å². The second-order valence-electron chi connectivity index (χ2n) is 6.99. The molecule has 7 heteroatoms. The Labute approximate surface area is 173 Å². The van der Waals surface area contributed by atoms with Gasteiger partial charge in [0, 0.05) is 31.4 Å². The van der Waals surface area contributed by atoms with Crippen molar-refractivity contribution < 1.29 is 9.59 Å². The molecule has 3 aromatic rings. The van der Waals surface area contributed by atoms with Crippen molar-refractivity contribution in [3.8, 4) is 0 Å². The molecule has 0 bridgehead atoms. The van der Waals surface area contributed by atoms with Gasteiger partial charge in [-0.1, -0.05) is 54.2 Å². The van der Waals surface area contributed by atoms with Gasteiger partial charge in [-0.2, -0.15) is 0 Å². The first-order valence-electron chi connectivity index (χ1n) is 9.50. The molecule has 148 valence electrons. The minimum Gasteiger partial charge on any atom is -0.324 e. The van der Waals surface area contributed by atoms with E-state index in [0.717, 1.165) is 10.8 Å². The Bertz CT molecular complexity index is 1020. The molecule has 1 atom stereocenters. The number of carbonyl (C=O) groups excluding carboxylic acids is 2. The summed E-state index contributed by atoms with van der Waals surface area (Å²) in [5, 5.41) is 3.69. The van der Waals surface area contributed by atoms with Crippen molar-refractivity contribution in [2.24, 2.45) is 0 Å².